The maximum atomic E-state index is 13.8. The first-order chi connectivity index (χ1) is 18.9. The van der Waals surface area contributed by atoms with Gasteiger partial charge in [0.2, 0.25) is 0 Å². The second-order valence-corrected chi connectivity index (χ2v) is 10.1. The number of nitrogens with zero attached hydrogens (tertiary/aromatic N) is 1. The summed E-state index contributed by atoms with van der Waals surface area (Å²) in [4.78, 5) is 17.4. The number of amides is 1. The van der Waals surface area contributed by atoms with Gasteiger partial charge in [-0.05, 0) is 53.8 Å². The maximum absolute atomic E-state index is 13.8. The van der Waals surface area contributed by atoms with Crippen LogP contribution in [-0.4, -0.2) is 34.7 Å². The summed E-state index contributed by atoms with van der Waals surface area (Å²) in [7, 11) is 0. The lowest BCUT2D eigenvalue weighted by Gasteiger charge is -2.24. The molecule has 9 heteroatoms. The lowest BCUT2D eigenvalue weighted by molar-refractivity contribution is 0.0825. The molecule has 0 fully saturated rings. The van der Waals surface area contributed by atoms with Gasteiger partial charge in [-0.2, -0.15) is 0 Å². The number of hydrogen-bond acceptors (Lipinski definition) is 6. The molecule has 0 bridgehead atoms. The van der Waals surface area contributed by atoms with Gasteiger partial charge in [0.1, 0.15) is 34.7 Å². The highest BCUT2D eigenvalue weighted by Crippen LogP contribution is 2.17. The minimum atomic E-state index is -1.03. The van der Waals surface area contributed by atoms with Gasteiger partial charge in [0.15, 0.2) is 0 Å². The minimum absolute atomic E-state index is 0.0305. The predicted molar refractivity (Wildman–Crippen MR) is 148 cm³/mol. The smallest absolute Gasteiger partial charge is 0.271 e. The Kier molecular flexibility index (Phi) is 10.1. The zero-order valence-electron chi connectivity index (χ0n) is 21.6. The number of nitrogens with one attached hydrogen (secondary N) is 2. The molecular formula is C30H31F2N3O3S. The van der Waals surface area contributed by atoms with Crippen LogP contribution >= 0.6 is 11.3 Å². The molecule has 4 aromatic rings. The Morgan fingerprint density at radius 2 is 1.74 bits per heavy atom. The molecule has 204 valence electrons. The number of aromatic nitrogens is 1. The van der Waals surface area contributed by atoms with E-state index in [1.807, 2.05) is 42.5 Å². The SMILES string of the molecule is CCc1cccc(CNC[C@@H](O)[C@H](Cc2cc(F)cc(F)c2)NC(=O)c2csc(COc3ccccc3)n2)c1. The molecule has 0 unspecified atom stereocenters. The summed E-state index contributed by atoms with van der Waals surface area (Å²) < 4.78 is 33.4. The summed E-state index contributed by atoms with van der Waals surface area (Å²) in [5.74, 6) is -1.24. The van der Waals surface area contributed by atoms with Crippen molar-refractivity contribution in [3.63, 3.8) is 0 Å². The van der Waals surface area contributed by atoms with Crippen molar-refractivity contribution in [2.75, 3.05) is 6.54 Å². The van der Waals surface area contributed by atoms with E-state index in [1.165, 1.54) is 29.0 Å². The van der Waals surface area contributed by atoms with Gasteiger partial charge >= 0.3 is 0 Å². The van der Waals surface area contributed by atoms with E-state index < -0.39 is 29.7 Å². The molecule has 0 saturated carbocycles. The van der Waals surface area contributed by atoms with E-state index in [2.05, 4.69) is 34.7 Å². The number of hydrogen-bond donors (Lipinski definition) is 3. The number of rotatable bonds is 13. The molecular weight excluding hydrogens is 520 g/mol. The van der Waals surface area contributed by atoms with Crippen molar-refractivity contribution in [1.29, 1.82) is 0 Å². The number of aliphatic hydroxyl groups is 1. The van der Waals surface area contributed by atoms with Crippen molar-refractivity contribution in [2.45, 2.75) is 45.1 Å². The number of thiazole rings is 1. The van der Waals surface area contributed by atoms with E-state index in [9.17, 15) is 18.7 Å². The monoisotopic (exact) mass is 551 g/mol. The van der Waals surface area contributed by atoms with Crippen LogP contribution in [0.25, 0.3) is 0 Å². The fourth-order valence-corrected chi connectivity index (χ4v) is 4.80. The van der Waals surface area contributed by atoms with Gasteiger partial charge in [-0.3, -0.25) is 4.79 Å². The van der Waals surface area contributed by atoms with Crippen LogP contribution in [0.15, 0.2) is 78.2 Å². The fraction of sp³-hybridized carbons (Fsp3) is 0.267. The normalized spacial score (nSPS) is 12.6. The highest BCUT2D eigenvalue weighted by atomic mass is 32.1. The van der Waals surface area contributed by atoms with Crippen molar-refractivity contribution in [3.05, 3.63) is 117 Å². The zero-order chi connectivity index (χ0) is 27.6. The minimum Gasteiger partial charge on any atom is -0.486 e. The summed E-state index contributed by atoms with van der Waals surface area (Å²) in [6.45, 7) is 2.98. The van der Waals surface area contributed by atoms with Crippen molar-refractivity contribution in [3.8, 4) is 5.75 Å². The van der Waals surface area contributed by atoms with Crippen LogP contribution in [0.1, 0.15) is 39.1 Å². The third-order valence-corrected chi connectivity index (χ3v) is 6.95. The standard InChI is InChI=1S/C30H31F2N3O3S/c1-2-20-7-6-8-21(11-20)16-33-17-28(36)26(14-22-12-23(31)15-24(32)13-22)35-30(37)27-19-39-29(34-27)18-38-25-9-4-3-5-10-25/h3-13,15,19,26,28,33,36H,2,14,16-18H2,1H3,(H,35,37)/t26-,28+/m0/s1. The highest BCUT2D eigenvalue weighted by molar-refractivity contribution is 7.09. The molecule has 6 nitrogen and oxygen atoms in total. The summed E-state index contributed by atoms with van der Waals surface area (Å²) >= 11 is 1.28. The Bertz CT molecular complexity index is 1350. The Morgan fingerprint density at radius 1 is 1.00 bits per heavy atom. The van der Waals surface area contributed by atoms with Crippen molar-refractivity contribution >= 4 is 17.2 Å². The number of halogens is 2. The van der Waals surface area contributed by atoms with E-state index in [-0.39, 0.29) is 25.3 Å². The van der Waals surface area contributed by atoms with Gasteiger partial charge in [0.05, 0.1) is 12.1 Å². The Morgan fingerprint density at radius 3 is 2.49 bits per heavy atom. The third kappa shape index (κ3) is 8.68. The van der Waals surface area contributed by atoms with E-state index in [0.717, 1.165) is 18.1 Å². The molecule has 0 aliphatic heterocycles. The Balaban J connectivity index is 1.41. The van der Waals surface area contributed by atoms with Crippen molar-refractivity contribution in [2.24, 2.45) is 0 Å². The van der Waals surface area contributed by atoms with E-state index in [4.69, 9.17) is 4.74 Å². The van der Waals surface area contributed by atoms with Gasteiger partial charge in [0.25, 0.3) is 5.91 Å². The average molecular weight is 552 g/mol. The first-order valence-corrected chi connectivity index (χ1v) is 13.6. The second-order valence-electron chi connectivity index (χ2n) is 9.16. The van der Waals surface area contributed by atoms with Crippen LogP contribution in [0.4, 0.5) is 8.78 Å². The quantitative estimate of drug-likeness (QED) is 0.217. The van der Waals surface area contributed by atoms with E-state index >= 15 is 0 Å². The van der Waals surface area contributed by atoms with Gasteiger partial charge in [-0.1, -0.05) is 49.4 Å². The first-order valence-electron chi connectivity index (χ1n) is 12.7. The van der Waals surface area contributed by atoms with Crippen LogP contribution in [-0.2, 0) is 26.0 Å². The van der Waals surface area contributed by atoms with Crippen LogP contribution in [0, 0.1) is 11.6 Å². The summed E-state index contributed by atoms with van der Waals surface area (Å²) in [5, 5.41) is 19.2. The van der Waals surface area contributed by atoms with Crippen LogP contribution in [0.5, 0.6) is 5.75 Å². The Labute approximate surface area is 230 Å². The lowest BCUT2D eigenvalue weighted by atomic mass is 10.00. The molecule has 0 saturated heterocycles. The number of carbonyl (C=O) groups is 1. The molecule has 0 aliphatic rings. The summed E-state index contributed by atoms with van der Waals surface area (Å²) in [5.41, 5.74) is 2.79. The number of aryl methyl sites for hydroxylation is 1. The molecule has 0 spiro atoms. The molecule has 4 rings (SSSR count). The van der Waals surface area contributed by atoms with Gasteiger partial charge in [-0.25, -0.2) is 13.8 Å². The average Bonchev–Trinajstić information content (AvgIpc) is 3.41. The van der Waals surface area contributed by atoms with Crippen LogP contribution in [0.3, 0.4) is 0 Å². The number of ether oxygens (including phenoxy) is 1. The van der Waals surface area contributed by atoms with Crippen molar-refractivity contribution < 1.29 is 23.4 Å². The van der Waals surface area contributed by atoms with Crippen molar-refractivity contribution in [1.82, 2.24) is 15.6 Å². The first kappa shape index (κ1) is 28.4. The predicted octanol–water partition coefficient (Wildman–Crippen LogP) is 5.05. The largest absolute Gasteiger partial charge is 0.486 e. The van der Waals surface area contributed by atoms with Gasteiger partial charge in [0, 0.05) is 24.5 Å². The number of aliphatic hydroxyl groups excluding tert-OH is 1. The third-order valence-electron chi connectivity index (χ3n) is 6.13. The highest BCUT2D eigenvalue weighted by Gasteiger charge is 2.24. The molecule has 2 atom stereocenters. The number of carbonyl (C=O) groups excluding carboxylic acids is 1. The van der Waals surface area contributed by atoms with Crippen LogP contribution in [0.2, 0.25) is 0 Å². The molecule has 1 aromatic heterocycles. The molecule has 0 aliphatic carbocycles. The van der Waals surface area contributed by atoms with Gasteiger partial charge < -0.3 is 20.5 Å². The zero-order valence-corrected chi connectivity index (χ0v) is 22.4. The van der Waals surface area contributed by atoms with E-state index in [0.29, 0.717) is 22.9 Å². The molecule has 3 N–H and O–H groups in total. The summed E-state index contributed by atoms with van der Waals surface area (Å²) in [6.07, 6.45) is -0.0806. The molecule has 0 radical (unpaired) electrons. The topological polar surface area (TPSA) is 83.5 Å². The number of para-hydroxylation sites is 1. The van der Waals surface area contributed by atoms with Crippen LogP contribution < -0.4 is 15.4 Å². The second kappa shape index (κ2) is 13.9. The maximum Gasteiger partial charge on any atom is 0.271 e. The molecule has 1 amide bonds. The number of benzene rings is 3. The van der Waals surface area contributed by atoms with E-state index in [1.54, 1.807) is 5.38 Å². The summed E-state index contributed by atoms with van der Waals surface area (Å²) in [6, 6.07) is 19.8. The molecule has 39 heavy (non-hydrogen) atoms. The molecule has 1 heterocycles. The molecule has 3 aromatic carbocycles. The lowest BCUT2D eigenvalue weighted by Crippen LogP contribution is -2.48. The Hall–Kier alpha value is -3.66. The fourth-order valence-electron chi connectivity index (χ4n) is 4.12. The van der Waals surface area contributed by atoms with Gasteiger partial charge in [-0.15, -0.1) is 11.3 Å².